The second-order valence-corrected chi connectivity index (χ2v) is 6.18. The molecule has 0 radical (unpaired) electrons. The minimum absolute atomic E-state index is 0.110. The second-order valence-electron chi connectivity index (χ2n) is 6.18. The average Bonchev–Trinajstić information content (AvgIpc) is 2.86. The first-order chi connectivity index (χ1) is 10.0. The average molecular weight is 295 g/mol. The Balaban J connectivity index is 2.09. The topological polar surface area (TPSA) is 37.4 Å². The van der Waals surface area contributed by atoms with Crippen LogP contribution in [-0.2, 0) is 11.3 Å². The Kier molecular flexibility index (Phi) is 5.53. The highest BCUT2D eigenvalue weighted by Gasteiger charge is 2.30. The van der Waals surface area contributed by atoms with Crippen molar-refractivity contribution >= 4 is 5.82 Å². The molecule has 21 heavy (non-hydrogen) atoms. The van der Waals surface area contributed by atoms with Crippen molar-refractivity contribution in [1.82, 2.24) is 10.3 Å². The second kappa shape index (κ2) is 7.18. The summed E-state index contributed by atoms with van der Waals surface area (Å²) in [6, 6.07) is 1.93. The number of rotatable bonds is 6. The van der Waals surface area contributed by atoms with Crippen LogP contribution in [0.5, 0.6) is 0 Å². The van der Waals surface area contributed by atoms with Crippen LogP contribution in [0.2, 0.25) is 0 Å². The highest BCUT2D eigenvalue weighted by Crippen LogP contribution is 2.26. The summed E-state index contributed by atoms with van der Waals surface area (Å²) in [5, 5.41) is 3.28. The Morgan fingerprint density at radius 1 is 1.52 bits per heavy atom. The third-order valence-corrected chi connectivity index (χ3v) is 3.99. The van der Waals surface area contributed by atoms with E-state index in [-0.39, 0.29) is 18.0 Å². The first-order valence-corrected chi connectivity index (χ1v) is 7.69. The van der Waals surface area contributed by atoms with Gasteiger partial charge < -0.3 is 15.0 Å². The van der Waals surface area contributed by atoms with Gasteiger partial charge in [0.15, 0.2) is 11.6 Å². The zero-order chi connectivity index (χ0) is 15.4. The van der Waals surface area contributed by atoms with Crippen LogP contribution in [0, 0.1) is 11.7 Å². The number of ether oxygens (including phenoxy) is 1. The standard InChI is InChI=1S/C16H26FN3O/c1-11(2)9-18-10-13-5-7-19-16(15(13)17)20(4)14-6-8-21-12(14)3/h5,7,11-12,14,18H,6,8-10H2,1-4H3. The highest BCUT2D eigenvalue weighted by molar-refractivity contribution is 5.44. The summed E-state index contributed by atoms with van der Waals surface area (Å²) >= 11 is 0. The number of hydrogen-bond donors (Lipinski definition) is 1. The van der Waals surface area contributed by atoms with Gasteiger partial charge in [-0.05, 0) is 31.9 Å². The Morgan fingerprint density at radius 3 is 2.90 bits per heavy atom. The van der Waals surface area contributed by atoms with Gasteiger partial charge in [0.2, 0.25) is 0 Å². The monoisotopic (exact) mass is 295 g/mol. The largest absolute Gasteiger partial charge is 0.376 e. The van der Waals surface area contributed by atoms with E-state index in [9.17, 15) is 4.39 Å². The van der Waals surface area contributed by atoms with Gasteiger partial charge in [0.1, 0.15) is 0 Å². The van der Waals surface area contributed by atoms with Crippen LogP contribution < -0.4 is 10.2 Å². The molecule has 5 heteroatoms. The summed E-state index contributed by atoms with van der Waals surface area (Å²) in [6.45, 7) is 8.44. The van der Waals surface area contributed by atoms with Crippen LogP contribution in [-0.4, -0.2) is 37.3 Å². The van der Waals surface area contributed by atoms with E-state index >= 15 is 0 Å². The maximum absolute atomic E-state index is 14.6. The molecule has 2 heterocycles. The van der Waals surface area contributed by atoms with E-state index in [1.54, 1.807) is 12.3 Å². The molecule has 1 aromatic rings. The van der Waals surface area contributed by atoms with E-state index in [1.165, 1.54) is 0 Å². The lowest BCUT2D eigenvalue weighted by atomic mass is 10.1. The van der Waals surface area contributed by atoms with Crippen molar-refractivity contribution in [1.29, 1.82) is 0 Å². The van der Waals surface area contributed by atoms with Crippen molar-refractivity contribution in [3.05, 3.63) is 23.6 Å². The van der Waals surface area contributed by atoms with E-state index < -0.39 is 0 Å². The van der Waals surface area contributed by atoms with E-state index in [0.29, 0.717) is 23.8 Å². The molecular formula is C16H26FN3O. The third-order valence-electron chi connectivity index (χ3n) is 3.99. The van der Waals surface area contributed by atoms with E-state index in [0.717, 1.165) is 19.6 Å². The number of hydrogen-bond acceptors (Lipinski definition) is 4. The van der Waals surface area contributed by atoms with Gasteiger partial charge in [-0.3, -0.25) is 0 Å². The van der Waals surface area contributed by atoms with Crippen molar-refractivity contribution in [2.45, 2.75) is 45.9 Å². The van der Waals surface area contributed by atoms with Crippen LogP contribution >= 0.6 is 0 Å². The highest BCUT2D eigenvalue weighted by atomic mass is 19.1. The molecule has 0 amide bonds. The van der Waals surface area contributed by atoms with Crippen molar-refractivity contribution in [3.8, 4) is 0 Å². The predicted octanol–water partition coefficient (Wildman–Crippen LogP) is 2.58. The lowest BCUT2D eigenvalue weighted by Gasteiger charge is -2.28. The number of halogens is 1. The number of pyridine rings is 1. The van der Waals surface area contributed by atoms with Gasteiger partial charge in [-0.25, -0.2) is 9.37 Å². The molecule has 1 fully saturated rings. The maximum atomic E-state index is 14.6. The number of aromatic nitrogens is 1. The normalized spacial score (nSPS) is 22.0. The fourth-order valence-corrected chi connectivity index (χ4v) is 2.74. The number of anilines is 1. The third kappa shape index (κ3) is 3.92. The van der Waals surface area contributed by atoms with E-state index in [2.05, 4.69) is 24.1 Å². The van der Waals surface area contributed by atoms with Crippen LogP contribution in [0.15, 0.2) is 12.3 Å². The molecule has 4 nitrogen and oxygen atoms in total. The molecule has 0 aromatic carbocycles. The molecule has 0 bridgehead atoms. The first kappa shape index (κ1) is 16.2. The quantitative estimate of drug-likeness (QED) is 0.875. The van der Waals surface area contributed by atoms with Gasteiger partial charge in [0.25, 0.3) is 0 Å². The Labute approximate surface area is 126 Å². The molecule has 1 saturated heterocycles. The molecule has 0 aliphatic carbocycles. The SMILES string of the molecule is CC(C)CNCc1ccnc(N(C)C2CCOC2C)c1F. The summed E-state index contributed by atoms with van der Waals surface area (Å²) < 4.78 is 20.2. The van der Waals surface area contributed by atoms with Gasteiger partial charge in [-0.2, -0.15) is 0 Å². The van der Waals surface area contributed by atoms with Gasteiger partial charge in [-0.1, -0.05) is 13.8 Å². The van der Waals surface area contributed by atoms with Crippen molar-refractivity contribution < 1.29 is 9.13 Å². The molecule has 2 unspecified atom stereocenters. The minimum Gasteiger partial charge on any atom is -0.376 e. The lowest BCUT2D eigenvalue weighted by molar-refractivity contribution is 0.118. The van der Waals surface area contributed by atoms with Gasteiger partial charge in [0.05, 0.1) is 12.1 Å². The summed E-state index contributed by atoms with van der Waals surface area (Å²) in [4.78, 5) is 6.14. The summed E-state index contributed by atoms with van der Waals surface area (Å²) in [7, 11) is 1.90. The molecule has 2 rings (SSSR count). The number of nitrogens with zero attached hydrogens (tertiary/aromatic N) is 2. The van der Waals surface area contributed by atoms with Gasteiger partial charge in [-0.15, -0.1) is 0 Å². The van der Waals surface area contributed by atoms with Crippen molar-refractivity contribution in [2.24, 2.45) is 5.92 Å². The van der Waals surface area contributed by atoms with Crippen molar-refractivity contribution in [3.63, 3.8) is 0 Å². The van der Waals surface area contributed by atoms with E-state index in [1.807, 2.05) is 18.9 Å². The molecule has 1 aromatic heterocycles. The van der Waals surface area contributed by atoms with Crippen molar-refractivity contribution in [2.75, 3.05) is 25.1 Å². The van der Waals surface area contributed by atoms with Gasteiger partial charge in [0, 0.05) is 32.0 Å². The van der Waals surface area contributed by atoms with Crippen LogP contribution in [0.4, 0.5) is 10.2 Å². The zero-order valence-corrected chi connectivity index (χ0v) is 13.4. The predicted molar refractivity (Wildman–Crippen MR) is 83.0 cm³/mol. The summed E-state index contributed by atoms with van der Waals surface area (Å²) in [6.07, 6.45) is 2.70. The fourth-order valence-electron chi connectivity index (χ4n) is 2.74. The molecule has 0 saturated carbocycles. The Morgan fingerprint density at radius 2 is 2.29 bits per heavy atom. The van der Waals surface area contributed by atoms with E-state index in [4.69, 9.17) is 4.74 Å². The minimum atomic E-state index is -0.227. The molecular weight excluding hydrogens is 269 g/mol. The molecule has 1 aliphatic heterocycles. The Bertz CT molecular complexity index is 467. The molecule has 1 N–H and O–H groups in total. The molecule has 1 aliphatic rings. The molecule has 0 spiro atoms. The lowest BCUT2D eigenvalue weighted by Crippen LogP contribution is -2.38. The van der Waals surface area contributed by atoms with Crippen LogP contribution in [0.25, 0.3) is 0 Å². The fraction of sp³-hybridized carbons (Fsp3) is 0.688. The Hall–Kier alpha value is -1.20. The maximum Gasteiger partial charge on any atom is 0.170 e. The van der Waals surface area contributed by atoms with Crippen LogP contribution in [0.3, 0.4) is 0 Å². The van der Waals surface area contributed by atoms with Crippen LogP contribution in [0.1, 0.15) is 32.8 Å². The smallest absolute Gasteiger partial charge is 0.170 e. The zero-order valence-electron chi connectivity index (χ0n) is 13.4. The summed E-state index contributed by atoms with van der Waals surface area (Å²) in [5.74, 6) is 0.741. The first-order valence-electron chi connectivity index (χ1n) is 7.69. The molecule has 118 valence electrons. The molecule has 2 atom stereocenters. The van der Waals surface area contributed by atoms with Gasteiger partial charge >= 0.3 is 0 Å². The summed E-state index contributed by atoms with van der Waals surface area (Å²) in [5.41, 5.74) is 0.666. The number of nitrogens with one attached hydrogen (secondary N) is 1. The number of likely N-dealkylation sites (N-methyl/N-ethyl adjacent to an activating group) is 1.